The van der Waals surface area contributed by atoms with Crippen molar-refractivity contribution in [1.29, 1.82) is 0 Å². The summed E-state index contributed by atoms with van der Waals surface area (Å²) in [7, 11) is -3.86. The number of aryl methyl sites for hydroxylation is 2. The molecule has 0 spiro atoms. The molecule has 0 bridgehead atoms. The average molecular weight is 267 g/mol. The van der Waals surface area contributed by atoms with Gasteiger partial charge in [-0.15, -0.1) is 0 Å². The van der Waals surface area contributed by atoms with Gasteiger partial charge in [-0.1, -0.05) is 6.07 Å². The lowest BCUT2D eigenvalue weighted by Crippen LogP contribution is -2.16. The molecule has 0 aliphatic carbocycles. The summed E-state index contributed by atoms with van der Waals surface area (Å²) in [5.41, 5.74) is 6.34. The van der Waals surface area contributed by atoms with E-state index < -0.39 is 10.0 Å². The van der Waals surface area contributed by atoms with Gasteiger partial charge in [-0.2, -0.15) is 5.10 Å². The summed E-state index contributed by atoms with van der Waals surface area (Å²) < 4.78 is 24.2. The van der Waals surface area contributed by atoms with E-state index in [0.29, 0.717) is 17.3 Å². The third-order valence-electron chi connectivity index (χ3n) is 2.45. The van der Waals surface area contributed by atoms with Crippen LogP contribution >= 0.6 is 0 Å². The van der Waals surface area contributed by atoms with Crippen molar-refractivity contribution < 1.29 is 8.42 Å². The Hall–Kier alpha value is -1.93. The third kappa shape index (κ3) is 2.07. The first-order valence-corrected chi connectivity index (χ1v) is 6.67. The molecule has 8 heteroatoms. The Labute approximate surface area is 104 Å². The molecule has 0 atom stereocenters. The van der Waals surface area contributed by atoms with E-state index in [1.165, 1.54) is 10.7 Å². The molecule has 7 nitrogen and oxygen atoms in total. The van der Waals surface area contributed by atoms with Crippen LogP contribution in [-0.2, 0) is 10.0 Å². The van der Waals surface area contributed by atoms with Crippen molar-refractivity contribution >= 4 is 15.7 Å². The molecule has 2 aromatic rings. The third-order valence-corrected chi connectivity index (χ3v) is 3.42. The first-order chi connectivity index (χ1) is 8.30. The number of nitrogens with zero attached hydrogens (tertiary/aromatic N) is 3. The predicted octanol–water partition coefficient (Wildman–Crippen LogP) is 0.114. The maximum Gasteiger partial charge on any atom is 0.240 e. The van der Waals surface area contributed by atoms with Gasteiger partial charge in [-0.05, 0) is 26.0 Å². The zero-order valence-electron chi connectivity index (χ0n) is 9.95. The van der Waals surface area contributed by atoms with Gasteiger partial charge < -0.3 is 5.73 Å². The van der Waals surface area contributed by atoms with Gasteiger partial charge in [0.25, 0.3) is 0 Å². The first kappa shape index (κ1) is 12.5. The van der Waals surface area contributed by atoms with Crippen LogP contribution in [0.2, 0.25) is 0 Å². The summed E-state index contributed by atoms with van der Waals surface area (Å²) in [5, 5.41) is 9.25. The van der Waals surface area contributed by atoms with Crippen LogP contribution in [0.3, 0.4) is 0 Å². The van der Waals surface area contributed by atoms with E-state index in [-0.39, 0.29) is 10.6 Å². The molecule has 0 amide bonds. The molecule has 1 aromatic heterocycles. The number of anilines is 1. The average Bonchev–Trinajstić information content (AvgIpc) is 2.56. The largest absolute Gasteiger partial charge is 0.396 e. The van der Waals surface area contributed by atoms with Crippen LogP contribution in [0.25, 0.3) is 5.69 Å². The fraction of sp³-hybridized carbons (Fsp3) is 0.200. The SMILES string of the molecule is Cc1nc(C)n(-c2cccc(S(N)(=O)=O)c2N)n1. The van der Waals surface area contributed by atoms with Crippen molar-refractivity contribution in [3.63, 3.8) is 0 Å². The van der Waals surface area contributed by atoms with Crippen molar-refractivity contribution in [3.05, 3.63) is 29.8 Å². The lowest BCUT2D eigenvalue weighted by Gasteiger charge is -2.10. The summed E-state index contributed by atoms with van der Waals surface area (Å²) in [6, 6.07) is 4.57. The van der Waals surface area contributed by atoms with Gasteiger partial charge in [-0.3, -0.25) is 0 Å². The predicted molar refractivity (Wildman–Crippen MR) is 66.6 cm³/mol. The minimum Gasteiger partial charge on any atom is -0.396 e. The van der Waals surface area contributed by atoms with Crippen LogP contribution < -0.4 is 10.9 Å². The van der Waals surface area contributed by atoms with Gasteiger partial charge in [0.1, 0.15) is 16.5 Å². The Morgan fingerprint density at radius 1 is 1.28 bits per heavy atom. The Morgan fingerprint density at radius 2 is 1.94 bits per heavy atom. The molecule has 96 valence electrons. The van der Waals surface area contributed by atoms with Crippen molar-refractivity contribution in [2.24, 2.45) is 5.14 Å². The Kier molecular flexibility index (Phi) is 2.83. The van der Waals surface area contributed by atoms with E-state index in [4.69, 9.17) is 10.9 Å². The number of nitrogens with two attached hydrogens (primary N) is 2. The summed E-state index contributed by atoms with van der Waals surface area (Å²) in [6.45, 7) is 3.49. The van der Waals surface area contributed by atoms with Gasteiger partial charge in [0.2, 0.25) is 10.0 Å². The van der Waals surface area contributed by atoms with Crippen LogP contribution in [0.1, 0.15) is 11.6 Å². The maximum absolute atomic E-state index is 11.4. The molecule has 4 N–H and O–H groups in total. The molecule has 1 heterocycles. The van der Waals surface area contributed by atoms with Crippen LogP contribution in [0.5, 0.6) is 0 Å². The minimum absolute atomic E-state index is 0.0630. The Morgan fingerprint density at radius 3 is 2.44 bits per heavy atom. The molecule has 0 saturated heterocycles. The lowest BCUT2D eigenvalue weighted by molar-refractivity contribution is 0.598. The standard InChI is InChI=1S/C10H13N5O2S/c1-6-13-7(2)15(14-6)8-4-3-5-9(10(8)11)18(12,16)17/h3-5H,11H2,1-2H3,(H2,12,16,17). The van der Waals surface area contributed by atoms with Crippen LogP contribution in [0.4, 0.5) is 5.69 Å². The van der Waals surface area contributed by atoms with Gasteiger partial charge in [0.05, 0.1) is 11.4 Å². The normalized spacial score (nSPS) is 11.7. The van der Waals surface area contributed by atoms with Gasteiger partial charge in [0, 0.05) is 0 Å². The molecule has 0 unspecified atom stereocenters. The molecule has 18 heavy (non-hydrogen) atoms. The van der Waals surface area contributed by atoms with Crippen molar-refractivity contribution in [1.82, 2.24) is 14.8 Å². The zero-order valence-corrected chi connectivity index (χ0v) is 10.8. The number of para-hydroxylation sites is 1. The molecule has 2 rings (SSSR count). The zero-order chi connectivity index (χ0) is 13.5. The number of sulfonamides is 1. The highest BCUT2D eigenvalue weighted by Gasteiger charge is 2.17. The maximum atomic E-state index is 11.4. The van der Waals surface area contributed by atoms with Gasteiger partial charge >= 0.3 is 0 Å². The lowest BCUT2D eigenvalue weighted by atomic mass is 10.2. The number of nitrogen functional groups attached to an aromatic ring is 1. The second-order valence-corrected chi connectivity index (χ2v) is 5.38. The summed E-state index contributed by atoms with van der Waals surface area (Å²) in [6.07, 6.45) is 0. The quantitative estimate of drug-likeness (QED) is 0.749. The Balaban J connectivity index is 2.71. The van der Waals surface area contributed by atoms with E-state index in [2.05, 4.69) is 10.1 Å². The molecule has 0 radical (unpaired) electrons. The topological polar surface area (TPSA) is 117 Å². The van der Waals surface area contributed by atoms with Crippen LogP contribution in [-0.4, -0.2) is 23.2 Å². The second kappa shape index (κ2) is 4.07. The fourth-order valence-corrected chi connectivity index (χ4v) is 2.39. The van der Waals surface area contributed by atoms with Crippen LogP contribution in [0, 0.1) is 13.8 Å². The van der Waals surface area contributed by atoms with Crippen molar-refractivity contribution in [3.8, 4) is 5.69 Å². The molecule has 1 aromatic carbocycles. The highest BCUT2D eigenvalue weighted by molar-refractivity contribution is 7.89. The smallest absolute Gasteiger partial charge is 0.240 e. The molecular weight excluding hydrogens is 254 g/mol. The number of benzene rings is 1. The summed E-state index contributed by atoms with van der Waals surface area (Å²) in [5.74, 6) is 1.19. The highest BCUT2D eigenvalue weighted by atomic mass is 32.2. The molecule has 0 aliphatic rings. The van der Waals surface area contributed by atoms with Crippen molar-refractivity contribution in [2.75, 3.05) is 5.73 Å². The summed E-state index contributed by atoms with van der Waals surface area (Å²) in [4.78, 5) is 4.02. The number of hydrogen-bond acceptors (Lipinski definition) is 5. The van der Waals surface area contributed by atoms with Crippen LogP contribution in [0.15, 0.2) is 23.1 Å². The monoisotopic (exact) mass is 267 g/mol. The molecule has 0 fully saturated rings. The van der Waals surface area contributed by atoms with E-state index >= 15 is 0 Å². The van der Waals surface area contributed by atoms with Crippen molar-refractivity contribution in [2.45, 2.75) is 18.7 Å². The van der Waals surface area contributed by atoms with E-state index in [1.807, 2.05) is 0 Å². The number of hydrogen-bond donors (Lipinski definition) is 2. The molecular formula is C10H13N5O2S. The number of primary sulfonamides is 1. The second-order valence-electron chi connectivity index (χ2n) is 3.85. The minimum atomic E-state index is -3.86. The highest BCUT2D eigenvalue weighted by Crippen LogP contribution is 2.24. The van der Waals surface area contributed by atoms with Gasteiger partial charge in [-0.25, -0.2) is 23.2 Å². The number of aromatic nitrogens is 3. The van der Waals surface area contributed by atoms with E-state index in [0.717, 1.165) is 0 Å². The van der Waals surface area contributed by atoms with Gasteiger partial charge in [0.15, 0.2) is 0 Å². The molecule has 0 saturated carbocycles. The number of rotatable bonds is 2. The summed E-state index contributed by atoms with van der Waals surface area (Å²) >= 11 is 0. The van der Waals surface area contributed by atoms with E-state index in [9.17, 15) is 8.42 Å². The molecule has 0 aliphatic heterocycles. The fourth-order valence-electron chi connectivity index (χ4n) is 1.71. The first-order valence-electron chi connectivity index (χ1n) is 5.12. The Bertz CT molecular complexity index is 705. The van der Waals surface area contributed by atoms with E-state index in [1.54, 1.807) is 26.0 Å².